The minimum atomic E-state index is -4.77. The van der Waals surface area contributed by atoms with Crippen molar-refractivity contribution in [3.05, 3.63) is 47.5 Å². The van der Waals surface area contributed by atoms with Gasteiger partial charge in [-0.2, -0.15) is 0 Å². The molecule has 0 fully saturated rings. The van der Waals surface area contributed by atoms with Gasteiger partial charge in [0.15, 0.2) is 0 Å². The van der Waals surface area contributed by atoms with Crippen LogP contribution in [-0.2, 0) is 10.2 Å². The molecule has 0 unspecified atom stereocenters. The quantitative estimate of drug-likeness (QED) is 0.641. The maximum Gasteiger partial charge on any atom is 0.573 e. The second-order valence-electron chi connectivity index (χ2n) is 7.83. The van der Waals surface area contributed by atoms with Gasteiger partial charge in [-0.3, -0.25) is 4.79 Å². The van der Waals surface area contributed by atoms with Crippen molar-refractivity contribution >= 4 is 11.6 Å². The number of ether oxygens (including phenoxy) is 1. The first kappa shape index (κ1) is 20.2. The molecule has 28 heavy (non-hydrogen) atoms. The first-order chi connectivity index (χ1) is 13.0. The van der Waals surface area contributed by atoms with Gasteiger partial charge in [0.05, 0.1) is 0 Å². The summed E-state index contributed by atoms with van der Waals surface area (Å²) in [5.74, 6) is -0.213. The molecular weight excluding hydrogens is 367 g/mol. The number of alkyl halides is 3. The fourth-order valence-electron chi connectivity index (χ4n) is 3.83. The molecule has 2 aromatic rings. The Morgan fingerprint density at radius 1 is 1.14 bits per heavy atom. The molecule has 0 aromatic heterocycles. The monoisotopic (exact) mass is 391 g/mol. The number of benzene rings is 2. The first-order valence-electron chi connectivity index (χ1n) is 9.34. The zero-order chi connectivity index (χ0) is 20.7. The number of fused-ring (bicyclic) bond motifs is 1. The molecule has 0 bridgehead atoms. The Morgan fingerprint density at radius 2 is 1.82 bits per heavy atom. The van der Waals surface area contributed by atoms with Gasteiger partial charge < -0.3 is 9.64 Å². The third-order valence-corrected chi connectivity index (χ3v) is 5.11. The first-order valence-corrected chi connectivity index (χ1v) is 9.34. The summed E-state index contributed by atoms with van der Waals surface area (Å²) in [6, 6.07) is 9.92. The minimum Gasteiger partial charge on any atom is -0.405 e. The summed E-state index contributed by atoms with van der Waals surface area (Å²) in [6.07, 6.45) is -3.57. The number of hydrogen-bond donors (Lipinski definition) is 0. The smallest absolute Gasteiger partial charge is 0.405 e. The highest BCUT2D eigenvalue weighted by atomic mass is 19.4. The highest BCUT2D eigenvalue weighted by Gasteiger charge is 2.37. The van der Waals surface area contributed by atoms with Crippen LogP contribution in [0, 0.1) is 6.92 Å². The van der Waals surface area contributed by atoms with Crippen molar-refractivity contribution in [3.63, 3.8) is 0 Å². The second-order valence-corrected chi connectivity index (χ2v) is 7.83. The molecule has 2 aromatic carbocycles. The van der Waals surface area contributed by atoms with Crippen LogP contribution in [0.4, 0.5) is 18.9 Å². The minimum absolute atomic E-state index is 0.0361. The maximum absolute atomic E-state index is 12.9. The number of carbonyl (C=O) groups excluding carboxylic acids is 1. The maximum atomic E-state index is 12.9. The summed E-state index contributed by atoms with van der Waals surface area (Å²) in [5, 5.41) is 0. The van der Waals surface area contributed by atoms with Crippen molar-refractivity contribution < 1.29 is 22.7 Å². The predicted molar refractivity (Wildman–Crippen MR) is 104 cm³/mol. The van der Waals surface area contributed by atoms with Crippen LogP contribution in [0.1, 0.15) is 44.7 Å². The number of amides is 1. The van der Waals surface area contributed by atoms with E-state index in [2.05, 4.69) is 4.74 Å². The summed E-state index contributed by atoms with van der Waals surface area (Å²) in [5.41, 5.74) is 3.30. The lowest BCUT2D eigenvalue weighted by Gasteiger charge is -2.39. The van der Waals surface area contributed by atoms with Gasteiger partial charge in [0.2, 0.25) is 5.91 Å². The van der Waals surface area contributed by atoms with Crippen molar-refractivity contribution in [3.8, 4) is 16.9 Å². The Bertz CT molecular complexity index is 903. The number of halogens is 3. The van der Waals surface area contributed by atoms with E-state index >= 15 is 0 Å². The molecule has 0 saturated carbocycles. The lowest BCUT2D eigenvalue weighted by Crippen LogP contribution is -2.42. The fraction of sp³-hybridized carbons (Fsp3) is 0.409. The van der Waals surface area contributed by atoms with Crippen LogP contribution >= 0.6 is 0 Å². The normalized spacial score (nSPS) is 16.1. The SMILES string of the molecule is CCCN1C(=O)CC(C)(C)c2cc(C)c(-c3ccccc3OC(F)(F)F)cc21. The zero-order valence-electron chi connectivity index (χ0n) is 16.5. The molecule has 0 saturated heterocycles. The number of hydrogen-bond acceptors (Lipinski definition) is 2. The Morgan fingerprint density at radius 3 is 2.46 bits per heavy atom. The molecule has 3 nitrogen and oxygen atoms in total. The number of anilines is 1. The van der Waals surface area contributed by atoms with Crippen LogP contribution in [0.2, 0.25) is 0 Å². The fourth-order valence-corrected chi connectivity index (χ4v) is 3.83. The molecule has 1 heterocycles. The topological polar surface area (TPSA) is 29.5 Å². The molecule has 0 radical (unpaired) electrons. The van der Waals surface area contributed by atoms with Crippen molar-refractivity contribution in [2.75, 3.05) is 11.4 Å². The molecule has 0 spiro atoms. The highest BCUT2D eigenvalue weighted by molar-refractivity contribution is 5.99. The molecule has 6 heteroatoms. The van der Waals surface area contributed by atoms with E-state index in [-0.39, 0.29) is 17.1 Å². The number of aryl methyl sites for hydroxylation is 1. The van der Waals surface area contributed by atoms with Gasteiger partial charge in [-0.1, -0.05) is 45.0 Å². The molecule has 150 valence electrons. The number of carbonyl (C=O) groups is 1. The van der Waals surface area contributed by atoms with Crippen LogP contribution in [-0.4, -0.2) is 18.8 Å². The lowest BCUT2D eigenvalue weighted by atomic mass is 9.75. The third-order valence-electron chi connectivity index (χ3n) is 5.11. The number of nitrogens with zero attached hydrogens (tertiary/aromatic N) is 1. The molecule has 1 aliphatic heterocycles. The Hall–Kier alpha value is -2.50. The van der Waals surface area contributed by atoms with Crippen LogP contribution in [0.5, 0.6) is 5.75 Å². The second kappa shape index (κ2) is 7.15. The van der Waals surface area contributed by atoms with Gasteiger partial charge in [0.1, 0.15) is 5.75 Å². The molecule has 1 amide bonds. The van der Waals surface area contributed by atoms with Crippen molar-refractivity contribution in [2.45, 2.75) is 52.3 Å². The van der Waals surface area contributed by atoms with E-state index in [1.54, 1.807) is 17.0 Å². The number of rotatable bonds is 4. The van der Waals surface area contributed by atoms with E-state index < -0.39 is 6.36 Å². The van der Waals surface area contributed by atoms with Crippen LogP contribution in [0.3, 0.4) is 0 Å². The summed E-state index contributed by atoms with van der Waals surface area (Å²) in [4.78, 5) is 14.4. The van der Waals surface area contributed by atoms with Crippen molar-refractivity contribution in [2.24, 2.45) is 0 Å². The van der Waals surface area contributed by atoms with E-state index in [0.717, 1.165) is 23.2 Å². The van der Waals surface area contributed by atoms with E-state index in [4.69, 9.17) is 0 Å². The lowest BCUT2D eigenvalue weighted by molar-refractivity contribution is -0.274. The van der Waals surface area contributed by atoms with Gasteiger partial charge >= 0.3 is 6.36 Å². The van der Waals surface area contributed by atoms with Crippen molar-refractivity contribution in [1.29, 1.82) is 0 Å². The van der Waals surface area contributed by atoms with Gasteiger partial charge in [-0.15, -0.1) is 13.2 Å². The Kier molecular flexibility index (Phi) is 5.17. The largest absolute Gasteiger partial charge is 0.573 e. The van der Waals surface area contributed by atoms with E-state index in [1.165, 1.54) is 12.1 Å². The molecule has 0 N–H and O–H groups in total. The third kappa shape index (κ3) is 3.86. The molecule has 1 aliphatic rings. The van der Waals surface area contributed by atoms with Gasteiger partial charge in [0.25, 0.3) is 0 Å². The summed E-state index contributed by atoms with van der Waals surface area (Å²) in [6.45, 7) is 8.48. The Labute approximate surface area is 163 Å². The average Bonchev–Trinajstić information content (AvgIpc) is 2.57. The summed E-state index contributed by atoms with van der Waals surface area (Å²) in [7, 11) is 0. The van der Waals surface area contributed by atoms with Crippen LogP contribution < -0.4 is 9.64 Å². The molecular formula is C22H24F3NO2. The molecule has 3 rings (SSSR count). The molecule has 0 aliphatic carbocycles. The van der Waals surface area contributed by atoms with Gasteiger partial charge in [0, 0.05) is 29.6 Å². The van der Waals surface area contributed by atoms with Crippen LogP contribution in [0.15, 0.2) is 36.4 Å². The highest BCUT2D eigenvalue weighted by Crippen LogP contribution is 2.45. The predicted octanol–water partition coefficient (Wildman–Crippen LogP) is 5.98. The number of para-hydroxylation sites is 1. The summed E-state index contributed by atoms with van der Waals surface area (Å²) >= 11 is 0. The van der Waals surface area contributed by atoms with E-state index in [1.807, 2.05) is 39.8 Å². The van der Waals surface area contributed by atoms with E-state index in [0.29, 0.717) is 24.1 Å². The van der Waals surface area contributed by atoms with E-state index in [9.17, 15) is 18.0 Å². The van der Waals surface area contributed by atoms with Gasteiger partial charge in [-0.05, 0) is 42.2 Å². The van der Waals surface area contributed by atoms with Crippen LogP contribution in [0.25, 0.3) is 11.1 Å². The average molecular weight is 391 g/mol. The Balaban J connectivity index is 2.20. The van der Waals surface area contributed by atoms with Crippen molar-refractivity contribution in [1.82, 2.24) is 0 Å². The summed E-state index contributed by atoms with van der Waals surface area (Å²) < 4.78 is 42.8. The molecule has 0 atom stereocenters. The zero-order valence-corrected chi connectivity index (χ0v) is 16.5. The standard InChI is InChI=1S/C22H24F3NO2/c1-5-10-26-18-12-16(14(2)11-17(18)21(3,4)13-20(26)27)15-8-6-7-9-19(15)28-22(23,24)25/h6-9,11-12H,5,10,13H2,1-4H3. The van der Waals surface area contributed by atoms with Gasteiger partial charge in [-0.25, -0.2) is 0 Å².